The Bertz CT molecular complexity index is 1590. The van der Waals surface area contributed by atoms with Crippen molar-refractivity contribution >= 4 is 17.5 Å². The van der Waals surface area contributed by atoms with Gasteiger partial charge in [0.15, 0.2) is 11.6 Å². The molecule has 2 aromatic carbocycles. The van der Waals surface area contributed by atoms with Gasteiger partial charge in [-0.2, -0.15) is 0 Å². The lowest BCUT2D eigenvalue weighted by molar-refractivity contribution is -0.124. The summed E-state index contributed by atoms with van der Waals surface area (Å²) in [6.45, 7) is 5.60. The van der Waals surface area contributed by atoms with E-state index in [1.54, 1.807) is 17.9 Å². The number of hydrogen-bond acceptors (Lipinski definition) is 6. The Hall–Kier alpha value is -4.66. The first-order chi connectivity index (χ1) is 19.8. The molecule has 0 fully saturated rings. The molecule has 4 rings (SSSR count). The number of amidine groups is 1. The fourth-order valence-corrected chi connectivity index (χ4v) is 4.45. The molecule has 0 saturated carbocycles. The minimum absolute atomic E-state index is 0.0428. The van der Waals surface area contributed by atoms with Crippen LogP contribution in [0.4, 0.5) is 4.39 Å². The number of unbranched alkanes of at least 4 members (excludes halogenated alkanes) is 1. The first kappa shape index (κ1) is 29.3. The molecule has 0 spiro atoms. The normalized spacial score (nSPS) is 15.4. The van der Waals surface area contributed by atoms with Gasteiger partial charge in [0.1, 0.15) is 5.84 Å². The van der Waals surface area contributed by atoms with Gasteiger partial charge in [0, 0.05) is 24.0 Å². The number of benzene rings is 2. The van der Waals surface area contributed by atoms with E-state index in [4.69, 9.17) is 4.99 Å². The second kappa shape index (κ2) is 13.6. The number of nitrogens with one attached hydrogen (secondary N) is 1. The lowest BCUT2D eigenvalue weighted by Crippen LogP contribution is -2.41. The minimum Gasteiger partial charge on any atom is -0.296 e. The summed E-state index contributed by atoms with van der Waals surface area (Å²) < 4.78 is 17.7. The second-order valence-corrected chi connectivity index (χ2v) is 9.87. The molecule has 1 amide bonds. The summed E-state index contributed by atoms with van der Waals surface area (Å²) in [4.78, 5) is 46.5. The highest BCUT2D eigenvalue weighted by Crippen LogP contribution is 2.30. The third-order valence-electron chi connectivity index (χ3n) is 6.78. The van der Waals surface area contributed by atoms with Gasteiger partial charge in [0.2, 0.25) is 0 Å². The SMILES string of the molecule is CCCCC1=NC/C(=C/CC(=O)/C(C)=C/C=C(\C)F)C(=O)N1Cc1ccc(-c2ccccc2-c2noc(=O)[nH]2)cc1. The molecule has 1 N–H and O–H groups in total. The molecule has 1 aromatic heterocycles. The van der Waals surface area contributed by atoms with Crippen LogP contribution in [0.2, 0.25) is 0 Å². The van der Waals surface area contributed by atoms with Gasteiger partial charge in [-0.3, -0.25) is 29.0 Å². The van der Waals surface area contributed by atoms with Crippen LogP contribution in [0.5, 0.6) is 0 Å². The standard InChI is InChI=1S/C32H33FN4O4/c1-4-5-10-29-34-19-25(17-18-28(38)21(2)11-12-22(3)33)31(39)37(29)20-23-13-15-24(16-14-23)26-8-6-7-9-27(26)30-35-32(40)41-36-30/h6-9,11-17H,4-5,10,18-20H2,1-3H3,(H,35,36,40)/b21-11+,22-12+,25-17-. The zero-order chi connectivity index (χ0) is 29.4. The molecule has 3 aromatic rings. The Morgan fingerprint density at radius 1 is 1.07 bits per heavy atom. The number of hydrogen-bond donors (Lipinski definition) is 1. The number of nitrogens with zero attached hydrogens (tertiary/aromatic N) is 3. The Labute approximate surface area is 238 Å². The van der Waals surface area contributed by atoms with E-state index in [1.807, 2.05) is 48.5 Å². The molecule has 0 saturated heterocycles. The maximum atomic E-state index is 13.5. The summed E-state index contributed by atoms with van der Waals surface area (Å²) in [5, 5.41) is 3.82. The Morgan fingerprint density at radius 3 is 2.46 bits per heavy atom. The summed E-state index contributed by atoms with van der Waals surface area (Å²) in [7, 11) is 0. The number of halogens is 1. The first-order valence-electron chi connectivity index (χ1n) is 13.6. The molecule has 212 valence electrons. The first-order valence-corrected chi connectivity index (χ1v) is 13.6. The van der Waals surface area contributed by atoms with E-state index < -0.39 is 5.76 Å². The van der Waals surface area contributed by atoms with Crippen molar-refractivity contribution < 1.29 is 18.5 Å². The number of carbonyl (C=O) groups is 2. The van der Waals surface area contributed by atoms with Crippen LogP contribution < -0.4 is 5.76 Å². The van der Waals surface area contributed by atoms with Crippen LogP contribution >= 0.6 is 0 Å². The molecule has 1 aliphatic rings. The molecule has 8 nitrogen and oxygen atoms in total. The summed E-state index contributed by atoms with van der Waals surface area (Å²) >= 11 is 0. The number of carbonyl (C=O) groups excluding carboxylic acids is 2. The van der Waals surface area contributed by atoms with Gasteiger partial charge in [-0.05, 0) is 48.6 Å². The third-order valence-corrected chi connectivity index (χ3v) is 6.78. The average Bonchev–Trinajstić information content (AvgIpc) is 3.41. The zero-order valence-corrected chi connectivity index (χ0v) is 23.4. The monoisotopic (exact) mass is 556 g/mol. The van der Waals surface area contributed by atoms with Crippen LogP contribution in [0.3, 0.4) is 0 Å². The van der Waals surface area contributed by atoms with Gasteiger partial charge in [-0.25, -0.2) is 9.18 Å². The van der Waals surface area contributed by atoms with Crippen molar-refractivity contribution in [1.82, 2.24) is 15.0 Å². The Balaban J connectivity index is 1.54. The lowest BCUT2D eigenvalue weighted by Gasteiger charge is -2.29. The molecular weight excluding hydrogens is 523 g/mol. The van der Waals surface area contributed by atoms with Crippen molar-refractivity contribution in [2.24, 2.45) is 4.99 Å². The van der Waals surface area contributed by atoms with Crippen LogP contribution in [0.1, 0.15) is 52.0 Å². The predicted molar refractivity (Wildman–Crippen MR) is 157 cm³/mol. The summed E-state index contributed by atoms with van der Waals surface area (Å²) in [5.74, 6) is -0.256. The Kier molecular flexibility index (Phi) is 9.73. The topological polar surface area (TPSA) is 109 Å². The number of aromatic amines is 1. The minimum atomic E-state index is -0.620. The molecule has 0 atom stereocenters. The van der Waals surface area contributed by atoms with Crippen molar-refractivity contribution in [3.63, 3.8) is 0 Å². The van der Waals surface area contributed by atoms with Gasteiger partial charge < -0.3 is 0 Å². The van der Waals surface area contributed by atoms with Crippen molar-refractivity contribution in [3.05, 3.63) is 99.8 Å². The molecule has 41 heavy (non-hydrogen) atoms. The maximum absolute atomic E-state index is 13.5. The van der Waals surface area contributed by atoms with Crippen molar-refractivity contribution in [2.45, 2.75) is 53.0 Å². The van der Waals surface area contributed by atoms with E-state index in [-0.39, 0.29) is 30.5 Å². The van der Waals surface area contributed by atoms with Gasteiger partial charge in [-0.1, -0.05) is 79.2 Å². The van der Waals surface area contributed by atoms with Crippen LogP contribution in [-0.4, -0.2) is 39.1 Å². The molecule has 0 unspecified atom stereocenters. The zero-order valence-electron chi connectivity index (χ0n) is 23.4. The van der Waals surface area contributed by atoms with Gasteiger partial charge in [-0.15, -0.1) is 0 Å². The molecule has 0 aliphatic carbocycles. The molecular formula is C32H33FN4O4. The average molecular weight is 557 g/mol. The van der Waals surface area contributed by atoms with Crippen molar-refractivity contribution in [2.75, 3.05) is 6.54 Å². The molecule has 1 aliphatic heterocycles. The van der Waals surface area contributed by atoms with E-state index >= 15 is 0 Å². The largest absolute Gasteiger partial charge is 0.439 e. The third kappa shape index (κ3) is 7.51. The maximum Gasteiger partial charge on any atom is 0.439 e. The van der Waals surface area contributed by atoms with E-state index in [1.165, 1.54) is 19.1 Å². The van der Waals surface area contributed by atoms with Crippen LogP contribution in [0, 0.1) is 0 Å². The fourth-order valence-electron chi connectivity index (χ4n) is 4.45. The number of aliphatic imine (C=N–C) groups is 1. The summed E-state index contributed by atoms with van der Waals surface area (Å²) in [6.07, 6.45) is 6.94. The van der Waals surface area contributed by atoms with E-state index in [9.17, 15) is 18.8 Å². The van der Waals surface area contributed by atoms with E-state index in [0.717, 1.165) is 40.9 Å². The molecule has 2 heterocycles. The molecule has 0 bridgehead atoms. The number of rotatable bonds is 11. The highest BCUT2D eigenvalue weighted by Gasteiger charge is 2.27. The fraction of sp³-hybridized carbons (Fsp3) is 0.281. The summed E-state index contributed by atoms with van der Waals surface area (Å²) in [6, 6.07) is 15.4. The molecule has 0 radical (unpaired) electrons. The van der Waals surface area contributed by atoms with E-state index in [0.29, 0.717) is 29.9 Å². The van der Waals surface area contributed by atoms with Crippen LogP contribution in [-0.2, 0) is 16.1 Å². The van der Waals surface area contributed by atoms with Crippen LogP contribution in [0.25, 0.3) is 22.5 Å². The molecule has 9 heteroatoms. The van der Waals surface area contributed by atoms with Crippen molar-refractivity contribution in [3.8, 4) is 22.5 Å². The smallest absolute Gasteiger partial charge is 0.296 e. The lowest BCUT2D eigenvalue weighted by atomic mass is 9.98. The number of H-pyrrole nitrogens is 1. The quantitative estimate of drug-likeness (QED) is 0.219. The number of amides is 1. The highest BCUT2D eigenvalue weighted by atomic mass is 19.1. The van der Waals surface area contributed by atoms with Crippen molar-refractivity contribution in [1.29, 1.82) is 0 Å². The number of Topliss-reactive ketones (excluding diaryl/α,β-unsaturated/α-hetero) is 1. The second-order valence-electron chi connectivity index (χ2n) is 9.87. The van der Waals surface area contributed by atoms with E-state index in [2.05, 4.69) is 21.6 Å². The predicted octanol–water partition coefficient (Wildman–Crippen LogP) is 6.33. The van der Waals surface area contributed by atoms with Gasteiger partial charge in [0.05, 0.1) is 18.9 Å². The Morgan fingerprint density at radius 2 is 1.80 bits per heavy atom. The number of allylic oxidation sites excluding steroid dienone is 5. The summed E-state index contributed by atoms with van der Waals surface area (Å²) in [5.41, 5.74) is 4.33. The number of aromatic nitrogens is 2. The highest BCUT2D eigenvalue weighted by molar-refractivity contribution is 6.09. The van der Waals surface area contributed by atoms with Gasteiger partial charge in [0.25, 0.3) is 5.91 Å². The van der Waals surface area contributed by atoms with Gasteiger partial charge >= 0.3 is 5.76 Å². The number of ketones is 1. The van der Waals surface area contributed by atoms with Crippen LogP contribution in [0.15, 0.2) is 98.0 Å².